The number of benzene rings is 1. The fourth-order valence-electron chi connectivity index (χ4n) is 2.30. The van der Waals surface area contributed by atoms with Crippen LogP contribution < -0.4 is 4.80 Å². The number of hydrogen-bond acceptors (Lipinski definition) is 3. The summed E-state index contributed by atoms with van der Waals surface area (Å²) >= 11 is 1.32. The minimum atomic E-state index is 0.0341. The standard InChI is InChI=1S/C14H13N3OS/c1-9-13(10-4-2-3-5-11(10)16-9)12(18)8-17-6-7-19-14(17)15/h2-7,15-16H,8H2,1H3. The summed E-state index contributed by atoms with van der Waals surface area (Å²) in [6.07, 6.45) is 1.77. The van der Waals surface area contributed by atoms with Crippen molar-refractivity contribution in [2.24, 2.45) is 0 Å². The summed E-state index contributed by atoms with van der Waals surface area (Å²) in [4.78, 5) is 16.1. The molecule has 0 bridgehead atoms. The highest BCUT2D eigenvalue weighted by molar-refractivity contribution is 7.06. The van der Waals surface area contributed by atoms with E-state index in [0.29, 0.717) is 4.80 Å². The van der Waals surface area contributed by atoms with Gasteiger partial charge in [-0.15, -0.1) is 11.3 Å². The van der Waals surface area contributed by atoms with Gasteiger partial charge in [-0.1, -0.05) is 18.2 Å². The number of para-hydroxylation sites is 1. The minimum absolute atomic E-state index is 0.0341. The first-order valence-electron chi connectivity index (χ1n) is 5.96. The van der Waals surface area contributed by atoms with Crippen molar-refractivity contribution in [3.63, 3.8) is 0 Å². The zero-order chi connectivity index (χ0) is 13.4. The van der Waals surface area contributed by atoms with Crippen LogP contribution in [0.5, 0.6) is 0 Å². The van der Waals surface area contributed by atoms with Crippen LogP contribution in [-0.2, 0) is 6.54 Å². The van der Waals surface area contributed by atoms with Crippen LogP contribution in [0.15, 0.2) is 35.8 Å². The highest BCUT2D eigenvalue weighted by atomic mass is 32.1. The van der Waals surface area contributed by atoms with Gasteiger partial charge in [-0.25, -0.2) is 0 Å². The Balaban J connectivity index is 2.05. The van der Waals surface area contributed by atoms with Crippen molar-refractivity contribution in [2.45, 2.75) is 13.5 Å². The Kier molecular flexibility index (Phi) is 2.83. The summed E-state index contributed by atoms with van der Waals surface area (Å²) in [5.74, 6) is 0.0341. The number of nitrogens with zero attached hydrogens (tertiary/aromatic N) is 1. The second-order valence-electron chi connectivity index (χ2n) is 4.43. The molecular weight excluding hydrogens is 258 g/mol. The van der Waals surface area contributed by atoms with Gasteiger partial charge in [0.25, 0.3) is 0 Å². The average Bonchev–Trinajstić information content (AvgIpc) is 2.92. The largest absolute Gasteiger partial charge is 0.358 e. The molecule has 2 N–H and O–H groups in total. The van der Waals surface area contributed by atoms with E-state index < -0.39 is 0 Å². The van der Waals surface area contributed by atoms with Crippen molar-refractivity contribution in [1.29, 1.82) is 5.41 Å². The maximum Gasteiger partial charge on any atom is 0.184 e. The van der Waals surface area contributed by atoms with Gasteiger partial charge in [-0.2, -0.15) is 0 Å². The van der Waals surface area contributed by atoms with Crippen molar-refractivity contribution >= 4 is 28.0 Å². The Hall–Kier alpha value is -2.14. The van der Waals surface area contributed by atoms with E-state index >= 15 is 0 Å². The number of fused-ring (bicyclic) bond motifs is 1. The van der Waals surface area contributed by atoms with E-state index in [-0.39, 0.29) is 12.3 Å². The van der Waals surface area contributed by atoms with Gasteiger partial charge in [0.1, 0.15) is 0 Å². The third-order valence-corrected chi connectivity index (χ3v) is 3.88. The van der Waals surface area contributed by atoms with E-state index in [4.69, 9.17) is 5.41 Å². The number of ketones is 1. The Morgan fingerprint density at radius 3 is 2.95 bits per heavy atom. The monoisotopic (exact) mass is 271 g/mol. The third-order valence-electron chi connectivity index (χ3n) is 3.17. The molecule has 3 aromatic rings. The van der Waals surface area contributed by atoms with E-state index in [9.17, 15) is 4.79 Å². The van der Waals surface area contributed by atoms with Gasteiger partial charge in [0.05, 0.1) is 6.54 Å². The normalized spacial score (nSPS) is 11.0. The zero-order valence-electron chi connectivity index (χ0n) is 10.4. The average molecular weight is 271 g/mol. The van der Waals surface area contributed by atoms with Gasteiger partial charge in [0.15, 0.2) is 10.6 Å². The first-order valence-corrected chi connectivity index (χ1v) is 6.84. The summed E-state index contributed by atoms with van der Waals surface area (Å²) in [6, 6.07) is 7.79. The SMILES string of the molecule is Cc1[nH]c2ccccc2c1C(=O)Cn1ccsc1=N. The van der Waals surface area contributed by atoms with Crippen molar-refractivity contribution in [2.75, 3.05) is 0 Å². The first-order chi connectivity index (χ1) is 9.16. The number of thiazole rings is 1. The minimum Gasteiger partial charge on any atom is -0.358 e. The number of carbonyl (C=O) groups is 1. The Morgan fingerprint density at radius 2 is 2.21 bits per heavy atom. The fraction of sp³-hybridized carbons (Fsp3) is 0.143. The molecule has 0 unspecified atom stereocenters. The van der Waals surface area contributed by atoms with Gasteiger partial charge in [-0.05, 0) is 13.0 Å². The molecule has 0 aliphatic carbocycles. The van der Waals surface area contributed by atoms with Crippen LogP contribution in [-0.4, -0.2) is 15.3 Å². The molecule has 2 heterocycles. The summed E-state index contributed by atoms with van der Waals surface area (Å²) in [7, 11) is 0. The number of H-pyrrole nitrogens is 1. The molecule has 0 spiro atoms. The van der Waals surface area contributed by atoms with Crippen LogP contribution in [0.1, 0.15) is 16.1 Å². The smallest absolute Gasteiger partial charge is 0.184 e. The van der Waals surface area contributed by atoms with E-state index in [2.05, 4.69) is 4.98 Å². The van der Waals surface area contributed by atoms with Gasteiger partial charge in [0, 0.05) is 33.7 Å². The second-order valence-corrected chi connectivity index (χ2v) is 5.32. The molecule has 2 aromatic heterocycles. The summed E-state index contributed by atoms with van der Waals surface area (Å²) in [5.41, 5.74) is 2.59. The van der Waals surface area contributed by atoms with Crippen LogP contribution in [0.4, 0.5) is 0 Å². The fourth-order valence-corrected chi connectivity index (χ4v) is 2.90. The maximum atomic E-state index is 12.4. The summed E-state index contributed by atoms with van der Waals surface area (Å²) in [6.45, 7) is 2.12. The van der Waals surface area contributed by atoms with E-state index in [1.54, 1.807) is 10.8 Å². The van der Waals surface area contributed by atoms with Gasteiger partial charge >= 0.3 is 0 Å². The highest BCUT2D eigenvalue weighted by Crippen LogP contribution is 2.22. The number of carbonyl (C=O) groups excluding carboxylic acids is 1. The lowest BCUT2D eigenvalue weighted by Gasteiger charge is -2.02. The van der Waals surface area contributed by atoms with Crippen molar-refractivity contribution in [3.8, 4) is 0 Å². The number of aromatic amines is 1. The Bertz CT molecular complexity index is 809. The van der Waals surface area contributed by atoms with Crippen molar-refractivity contribution < 1.29 is 4.79 Å². The maximum absolute atomic E-state index is 12.4. The number of rotatable bonds is 3. The number of nitrogens with one attached hydrogen (secondary N) is 2. The molecule has 0 saturated carbocycles. The number of aryl methyl sites for hydroxylation is 1. The molecule has 0 aliphatic heterocycles. The lowest BCUT2D eigenvalue weighted by atomic mass is 10.1. The number of hydrogen-bond donors (Lipinski definition) is 2. The van der Waals surface area contributed by atoms with Crippen LogP contribution in [0.3, 0.4) is 0 Å². The zero-order valence-corrected chi connectivity index (χ0v) is 11.3. The van der Waals surface area contributed by atoms with Gasteiger partial charge < -0.3 is 9.55 Å². The predicted octanol–water partition coefficient (Wildman–Crippen LogP) is 2.70. The molecule has 4 nitrogen and oxygen atoms in total. The van der Waals surface area contributed by atoms with Crippen LogP contribution >= 0.6 is 11.3 Å². The lowest BCUT2D eigenvalue weighted by molar-refractivity contribution is 0.0972. The van der Waals surface area contributed by atoms with E-state index in [1.807, 2.05) is 36.6 Å². The molecule has 0 fully saturated rings. The molecule has 0 atom stereocenters. The number of aromatic nitrogens is 2. The molecule has 0 aliphatic rings. The Morgan fingerprint density at radius 1 is 1.42 bits per heavy atom. The summed E-state index contributed by atoms with van der Waals surface area (Å²) < 4.78 is 1.66. The molecule has 0 amide bonds. The van der Waals surface area contributed by atoms with Gasteiger partial charge in [-0.3, -0.25) is 10.2 Å². The van der Waals surface area contributed by atoms with Crippen LogP contribution in [0.25, 0.3) is 10.9 Å². The topological polar surface area (TPSA) is 61.6 Å². The van der Waals surface area contributed by atoms with E-state index in [1.165, 1.54) is 11.3 Å². The number of Topliss-reactive ketones (excluding diaryl/α,β-unsaturated/α-hetero) is 1. The molecule has 1 aromatic carbocycles. The first kappa shape index (κ1) is 11.9. The quantitative estimate of drug-likeness (QED) is 0.707. The molecular formula is C14H13N3OS. The van der Waals surface area contributed by atoms with Crippen molar-refractivity contribution in [3.05, 3.63) is 51.9 Å². The molecule has 96 valence electrons. The molecule has 0 saturated heterocycles. The van der Waals surface area contributed by atoms with Crippen LogP contribution in [0.2, 0.25) is 0 Å². The van der Waals surface area contributed by atoms with E-state index in [0.717, 1.165) is 22.2 Å². The van der Waals surface area contributed by atoms with Gasteiger partial charge in [0.2, 0.25) is 0 Å². The highest BCUT2D eigenvalue weighted by Gasteiger charge is 2.16. The Labute approximate surface area is 113 Å². The van der Waals surface area contributed by atoms with Crippen molar-refractivity contribution in [1.82, 2.24) is 9.55 Å². The summed E-state index contributed by atoms with van der Waals surface area (Å²) in [5, 5.41) is 10.5. The molecule has 19 heavy (non-hydrogen) atoms. The molecule has 3 rings (SSSR count). The third kappa shape index (κ3) is 2.02. The lowest BCUT2D eigenvalue weighted by Crippen LogP contribution is -2.19. The molecule has 0 radical (unpaired) electrons. The molecule has 5 heteroatoms. The predicted molar refractivity (Wildman–Crippen MR) is 75.5 cm³/mol. The second kappa shape index (κ2) is 4.51. The van der Waals surface area contributed by atoms with Crippen LogP contribution in [0, 0.1) is 12.3 Å².